The Hall–Kier alpha value is -3.20. The fourth-order valence-electron chi connectivity index (χ4n) is 3.39. The van der Waals surface area contributed by atoms with Gasteiger partial charge in [-0.05, 0) is 37.1 Å². The Labute approximate surface area is 172 Å². The molecule has 1 unspecified atom stereocenters. The molecule has 3 rings (SSSR count). The van der Waals surface area contributed by atoms with Crippen molar-refractivity contribution in [2.24, 2.45) is 0 Å². The molecule has 1 heterocycles. The van der Waals surface area contributed by atoms with E-state index < -0.39 is 6.10 Å². The van der Waals surface area contributed by atoms with Crippen molar-refractivity contribution in [3.8, 4) is 17.6 Å². The van der Waals surface area contributed by atoms with Crippen LogP contribution in [0.4, 0.5) is 5.69 Å². The van der Waals surface area contributed by atoms with E-state index in [1.54, 1.807) is 12.1 Å². The predicted molar refractivity (Wildman–Crippen MR) is 112 cm³/mol. The van der Waals surface area contributed by atoms with Crippen LogP contribution in [0.15, 0.2) is 48.5 Å². The maximum atomic E-state index is 12.7. The molecule has 2 aromatic rings. The third-order valence-corrected chi connectivity index (χ3v) is 5.11. The second-order valence-corrected chi connectivity index (χ2v) is 7.00. The summed E-state index contributed by atoms with van der Waals surface area (Å²) in [6.45, 7) is 5.55. The normalized spacial score (nSPS) is 15.2. The van der Waals surface area contributed by atoms with Crippen molar-refractivity contribution in [1.29, 1.82) is 5.26 Å². The molecular weight excluding hydrogens is 366 g/mol. The van der Waals surface area contributed by atoms with Crippen molar-refractivity contribution in [2.75, 3.05) is 24.6 Å². The van der Waals surface area contributed by atoms with Gasteiger partial charge in [0.2, 0.25) is 0 Å². The topological polar surface area (TPSA) is 74.6 Å². The molecule has 152 valence electrons. The molecule has 29 heavy (non-hydrogen) atoms. The molecule has 1 aliphatic rings. The van der Waals surface area contributed by atoms with Gasteiger partial charge in [0.05, 0.1) is 24.3 Å². The molecular formula is C23H27N3O3. The minimum absolute atomic E-state index is 0.0889. The number of fused-ring (bicyclic) bond motifs is 1. The first-order valence-corrected chi connectivity index (χ1v) is 10.1. The van der Waals surface area contributed by atoms with Crippen LogP contribution >= 0.6 is 0 Å². The van der Waals surface area contributed by atoms with Gasteiger partial charge in [0.1, 0.15) is 24.2 Å². The number of nitriles is 1. The highest BCUT2D eigenvalue weighted by Gasteiger charge is 2.31. The maximum absolute atomic E-state index is 12.7. The predicted octanol–water partition coefficient (Wildman–Crippen LogP) is 3.51. The lowest BCUT2D eigenvalue weighted by Gasteiger charge is -2.36. The summed E-state index contributed by atoms with van der Waals surface area (Å²) in [4.78, 5) is 14.8. The number of amides is 1. The summed E-state index contributed by atoms with van der Waals surface area (Å²) in [5.74, 6) is 1.18. The van der Waals surface area contributed by atoms with Crippen LogP contribution in [0.3, 0.4) is 0 Å². The molecule has 1 aliphatic heterocycles. The number of rotatable bonds is 8. The lowest BCUT2D eigenvalue weighted by molar-refractivity contribution is -0.128. The lowest BCUT2D eigenvalue weighted by Crippen LogP contribution is -2.51. The highest BCUT2D eigenvalue weighted by atomic mass is 16.5. The van der Waals surface area contributed by atoms with Gasteiger partial charge < -0.3 is 19.7 Å². The molecule has 1 N–H and O–H groups in total. The average Bonchev–Trinajstić information content (AvgIpc) is 2.77. The maximum Gasteiger partial charge on any atom is 0.263 e. The van der Waals surface area contributed by atoms with E-state index in [4.69, 9.17) is 9.47 Å². The van der Waals surface area contributed by atoms with Gasteiger partial charge in [0.15, 0.2) is 6.10 Å². The molecule has 0 spiro atoms. The Kier molecular flexibility index (Phi) is 6.96. The number of para-hydroxylation sites is 3. The second kappa shape index (κ2) is 9.83. The van der Waals surface area contributed by atoms with Crippen LogP contribution in [0, 0.1) is 11.3 Å². The monoisotopic (exact) mass is 393 g/mol. The minimum atomic E-state index is -0.572. The van der Waals surface area contributed by atoms with Crippen LogP contribution in [-0.4, -0.2) is 37.7 Å². The first-order valence-electron chi connectivity index (χ1n) is 10.1. The van der Waals surface area contributed by atoms with E-state index in [1.165, 1.54) is 0 Å². The van der Waals surface area contributed by atoms with Gasteiger partial charge >= 0.3 is 0 Å². The Morgan fingerprint density at radius 2 is 1.97 bits per heavy atom. The van der Waals surface area contributed by atoms with Crippen molar-refractivity contribution in [2.45, 2.75) is 38.8 Å². The van der Waals surface area contributed by atoms with Crippen molar-refractivity contribution in [1.82, 2.24) is 5.32 Å². The van der Waals surface area contributed by atoms with E-state index in [0.29, 0.717) is 36.8 Å². The summed E-state index contributed by atoms with van der Waals surface area (Å²) in [5.41, 5.74) is 1.45. The Morgan fingerprint density at radius 3 is 2.72 bits per heavy atom. The summed E-state index contributed by atoms with van der Waals surface area (Å²) >= 11 is 0. The molecule has 0 fully saturated rings. The zero-order chi connectivity index (χ0) is 20.6. The lowest BCUT2D eigenvalue weighted by atomic mass is 10.1. The number of hydrogen-bond donors (Lipinski definition) is 1. The van der Waals surface area contributed by atoms with Gasteiger partial charge in [-0.3, -0.25) is 4.79 Å². The van der Waals surface area contributed by atoms with Crippen molar-refractivity contribution >= 4 is 11.6 Å². The standard InChI is InChI=1S/C23H27N3O3/c1-3-18(4-2)25-23(27)22-16-26(19-10-6-8-12-21(19)29-22)13-14-28-20-11-7-5-9-17(20)15-24/h5-12,18,22H,3-4,13-14,16H2,1-2H3,(H,25,27). The minimum Gasteiger partial charge on any atom is -0.490 e. The molecule has 1 amide bonds. The molecule has 6 heteroatoms. The molecule has 6 nitrogen and oxygen atoms in total. The number of carbonyl (C=O) groups is 1. The Bertz CT molecular complexity index is 874. The molecule has 0 radical (unpaired) electrons. The summed E-state index contributed by atoms with van der Waals surface area (Å²) in [6.07, 6.45) is 1.21. The number of carbonyl (C=O) groups excluding carboxylic acids is 1. The molecule has 0 aromatic heterocycles. The van der Waals surface area contributed by atoms with E-state index in [9.17, 15) is 10.1 Å². The van der Waals surface area contributed by atoms with Crippen molar-refractivity contribution in [3.63, 3.8) is 0 Å². The smallest absolute Gasteiger partial charge is 0.263 e. The molecule has 0 aliphatic carbocycles. The average molecular weight is 393 g/mol. The van der Waals surface area contributed by atoms with Gasteiger partial charge in [-0.15, -0.1) is 0 Å². The first kappa shape index (κ1) is 20.5. The van der Waals surface area contributed by atoms with Crippen LogP contribution in [0.5, 0.6) is 11.5 Å². The quantitative estimate of drug-likeness (QED) is 0.743. The van der Waals surface area contributed by atoms with Gasteiger partial charge in [-0.25, -0.2) is 0 Å². The summed E-state index contributed by atoms with van der Waals surface area (Å²) < 4.78 is 11.8. The van der Waals surface area contributed by atoms with Crippen molar-refractivity contribution < 1.29 is 14.3 Å². The number of anilines is 1. The molecule has 1 atom stereocenters. The molecule has 0 saturated carbocycles. The van der Waals surface area contributed by atoms with E-state index in [0.717, 1.165) is 18.5 Å². The van der Waals surface area contributed by atoms with Gasteiger partial charge in [-0.2, -0.15) is 5.26 Å². The van der Waals surface area contributed by atoms with Crippen LogP contribution in [-0.2, 0) is 4.79 Å². The Balaban J connectivity index is 1.68. The molecule has 0 bridgehead atoms. The van der Waals surface area contributed by atoms with E-state index in [2.05, 4.69) is 30.1 Å². The highest BCUT2D eigenvalue weighted by molar-refractivity contribution is 5.83. The number of ether oxygens (including phenoxy) is 2. The second-order valence-electron chi connectivity index (χ2n) is 7.00. The molecule has 2 aromatic carbocycles. The largest absolute Gasteiger partial charge is 0.490 e. The zero-order valence-electron chi connectivity index (χ0n) is 16.9. The van der Waals surface area contributed by atoms with Gasteiger partial charge in [-0.1, -0.05) is 38.1 Å². The third kappa shape index (κ3) is 5.00. The fourth-order valence-corrected chi connectivity index (χ4v) is 3.39. The summed E-state index contributed by atoms with van der Waals surface area (Å²) in [6, 6.07) is 17.2. The summed E-state index contributed by atoms with van der Waals surface area (Å²) in [5, 5.41) is 12.3. The van der Waals surface area contributed by atoms with Gasteiger partial charge in [0, 0.05) is 6.04 Å². The Morgan fingerprint density at radius 1 is 1.24 bits per heavy atom. The number of nitrogens with zero attached hydrogens (tertiary/aromatic N) is 2. The third-order valence-electron chi connectivity index (χ3n) is 5.11. The summed E-state index contributed by atoms with van der Waals surface area (Å²) in [7, 11) is 0. The highest BCUT2D eigenvalue weighted by Crippen LogP contribution is 2.33. The number of benzene rings is 2. The van der Waals surface area contributed by atoms with E-state index in [1.807, 2.05) is 36.4 Å². The fraction of sp³-hybridized carbons (Fsp3) is 0.391. The van der Waals surface area contributed by atoms with Crippen molar-refractivity contribution in [3.05, 3.63) is 54.1 Å². The SMILES string of the molecule is CCC(CC)NC(=O)C1CN(CCOc2ccccc2C#N)c2ccccc2O1. The number of hydrogen-bond acceptors (Lipinski definition) is 5. The number of nitrogens with one attached hydrogen (secondary N) is 1. The van der Waals surface area contributed by atoms with Crippen LogP contribution in [0.1, 0.15) is 32.3 Å². The molecule has 0 saturated heterocycles. The first-order chi connectivity index (χ1) is 14.2. The van der Waals surface area contributed by atoms with Crippen LogP contribution < -0.4 is 19.7 Å². The van der Waals surface area contributed by atoms with Crippen LogP contribution in [0.2, 0.25) is 0 Å². The van der Waals surface area contributed by atoms with E-state index >= 15 is 0 Å². The zero-order valence-corrected chi connectivity index (χ0v) is 16.9. The van der Waals surface area contributed by atoms with E-state index in [-0.39, 0.29) is 11.9 Å². The van der Waals surface area contributed by atoms with Crippen LogP contribution in [0.25, 0.3) is 0 Å². The van der Waals surface area contributed by atoms with Gasteiger partial charge in [0.25, 0.3) is 5.91 Å².